The molecule has 2 amide bonds. The Hall–Kier alpha value is -2.36. The molecule has 7 nitrogen and oxygen atoms in total. The number of halogens is 3. The summed E-state index contributed by atoms with van der Waals surface area (Å²) < 4.78 is 39.3. The highest BCUT2D eigenvalue weighted by Gasteiger charge is 2.30. The van der Waals surface area contributed by atoms with E-state index in [0.717, 1.165) is 10.6 Å². The fourth-order valence-corrected chi connectivity index (χ4v) is 4.52. The minimum atomic E-state index is -3.92. The molecule has 0 saturated carbocycles. The van der Waals surface area contributed by atoms with Crippen LogP contribution in [0.15, 0.2) is 42.5 Å². The Labute approximate surface area is 209 Å². The summed E-state index contributed by atoms with van der Waals surface area (Å²) in [5.74, 6) is -1.26. The van der Waals surface area contributed by atoms with E-state index in [0.29, 0.717) is 17.1 Å². The molecule has 0 aliphatic heterocycles. The number of anilines is 1. The molecule has 1 N–H and O–H groups in total. The quantitative estimate of drug-likeness (QED) is 0.500. The maximum Gasteiger partial charge on any atom is 0.244 e. The summed E-state index contributed by atoms with van der Waals surface area (Å²) in [5.41, 5.74) is 0.661. The van der Waals surface area contributed by atoms with Crippen LogP contribution in [0.3, 0.4) is 0 Å². The van der Waals surface area contributed by atoms with Crippen LogP contribution >= 0.6 is 23.2 Å². The minimum Gasteiger partial charge on any atom is -0.354 e. The fourth-order valence-electron chi connectivity index (χ4n) is 3.10. The summed E-state index contributed by atoms with van der Waals surface area (Å²) in [4.78, 5) is 27.4. The number of nitrogens with zero attached hydrogens (tertiary/aromatic N) is 2. The molecular formula is C23H28Cl2FN3O4S. The van der Waals surface area contributed by atoms with Crippen LogP contribution in [0.1, 0.15) is 26.3 Å². The third-order valence-corrected chi connectivity index (χ3v) is 6.64. The van der Waals surface area contributed by atoms with Crippen molar-refractivity contribution in [2.45, 2.75) is 33.4 Å². The Balaban J connectivity index is 2.39. The van der Waals surface area contributed by atoms with Crippen LogP contribution in [-0.2, 0) is 26.2 Å². The van der Waals surface area contributed by atoms with Gasteiger partial charge in [-0.3, -0.25) is 13.9 Å². The van der Waals surface area contributed by atoms with Crippen LogP contribution in [0, 0.1) is 11.7 Å². The largest absolute Gasteiger partial charge is 0.354 e. The summed E-state index contributed by atoms with van der Waals surface area (Å²) in [6, 6.07) is 8.82. The molecule has 0 aliphatic carbocycles. The molecular weight excluding hydrogens is 504 g/mol. The Morgan fingerprint density at radius 2 is 1.68 bits per heavy atom. The molecule has 1 unspecified atom stereocenters. The number of sulfonamides is 1. The van der Waals surface area contributed by atoms with Gasteiger partial charge in [0, 0.05) is 18.1 Å². The maximum absolute atomic E-state index is 13.4. The van der Waals surface area contributed by atoms with E-state index in [9.17, 15) is 22.4 Å². The van der Waals surface area contributed by atoms with Gasteiger partial charge in [0.1, 0.15) is 18.4 Å². The van der Waals surface area contributed by atoms with Crippen LogP contribution < -0.4 is 9.62 Å². The standard InChI is InChI=1S/C23H28Cl2FN3O4S/c1-15(2)12-27-23(31)16(3)28(13-17-5-8-19(26)9-6-17)22(30)14-29(34(4,32)33)21-10-7-18(24)11-20(21)25/h5-11,15-16H,12-14H2,1-4H3,(H,27,31). The van der Waals surface area contributed by atoms with Gasteiger partial charge in [0.05, 0.1) is 17.0 Å². The third kappa shape index (κ3) is 7.85. The van der Waals surface area contributed by atoms with Crippen molar-refractivity contribution in [3.8, 4) is 0 Å². The molecule has 0 spiro atoms. The second kappa shape index (κ2) is 11.9. The molecule has 11 heteroatoms. The van der Waals surface area contributed by atoms with Gasteiger partial charge in [-0.2, -0.15) is 0 Å². The summed E-state index contributed by atoms with van der Waals surface area (Å²) in [6.07, 6.45) is 0.953. The lowest BCUT2D eigenvalue weighted by Gasteiger charge is -2.31. The Morgan fingerprint density at radius 3 is 2.21 bits per heavy atom. The first-order valence-electron chi connectivity index (χ1n) is 10.5. The number of nitrogens with one attached hydrogen (secondary N) is 1. The van der Waals surface area contributed by atoms with Crippen molar-refractivity contribution < 1.29 is 22.4 Å². The lowest BCUT2D eigenvalue weighted by Crippen LogP contribution is -2.51. The highest BCUT2D eigenvalue weighted by Crippen LogP contribution is 2.30. The molecule has 0 radical (unpaired) electrons. The predicted octanol–water partition coefficient (Wildman–Crippen LogP) is 4.09. The highest BCUT2D eigenvalue weighted by molar-refractivity contribution is 7.92. The lowest BCUT2D eigenvalue weighted by atomic mass is 10.1. The van der Waals surface area contributed by atoms with Gasteiger partial charge in [-0.25, -0.2) is 12.8 Å². The Kier molecular flexibility index (Phi) is 9.73. The average molecular weight is 532 g/mol. The molecule has 0 saturated heterocycles. The van der Waals surface area contributed by atoms with E-state index in [1.54, 1.807) is 6.92 Å². The maximum atomic E-state index is 13.4. The third-order valence-electron chi connectivity index (χ3n) is 4.98. The van der Waals surface area contributed by atoms with Gasteiger partial charge >= 0.3 is 0 Å². The molecule has 0 fully saturated rings. The van der Waals surface area contributed by atoms with E-state index in [2.05, 4.69) is 5.32 Å². The van der Waals surface area contributed by atoms with E-state index in [1.807, 2.05) is 13.8 Å². The first kappa shape index (κ1) is 27.9. The molecule has 186 valence electrons. The fraction of sp³-hybridized carbons (Fsp3) is 0.391. The van der Waals surface area contributed by atoms with Gasteiger partial charge < -0.3 is 10.2 Å². The number of amides is 2. The zero-order chi connectivity index (χ0) is 25.6. The van der Waals surface area contributed by atoms with Gasteiger partial charge in [0.15, 0.2) is 0 Å². The molecule has 0 aromatic heterocycles. The second-order valence-electron chi connectivity index (χ2n) is 8.33. The summed E-state index contributed by atoms with van der Waals surface area (Å²) >= 11 is 12.1. The molecule has 0 bridgehead atoms. The number of hydrogen-bond acceptors (Lipinski definition) is 4. The van der Waals surface area contributed by atoms with Gasteiger partial charge in [-0.05, 0) is 48.7 Å². The van der Waals surface area contributed by atoms with Crippen LogP contribution in [0.25, 0.3) is 0 Å². The number of hydrogen-bond donors (Lipinski definition) is 1. The first-order chi connectivity index (χ1) is 15.8. The monoisotopic (exact) mass is 531 g/mol. The van der Waals surface area contributed by atoms with E-state index < -0.39 is 34.3 Å². The van der Waals surface area contributed by atoms with Gasteiger partial charge in [-0.1, -0.05) is 49.2 Å². The summed E-state index contributed by atoms with van der Waals surface area (Å²) in [7, 11) is -3.92. The number of carbonyl (C=O) groups is 2. The van der Waals surface area contributed by atoms with Gasteiger partial charge in [0.25, 0.3) is 0 Å². The number of carbonyl (C=O) groups excluding carboxylic acids is 2. The lowest BCUT2D eigenvalue weighted by molar-refractivity contribution is -0.139. The molecule has 0 heterocycles. The SMILES string of the molecule is CC(C)CNC(=O)C(C)N(Cc1ccc(F)cc1)C(=O)CN(c1ccc(Cl)cc1Cl)S(C)(=O)=O. The van der Waals surface area contributed by atoms with Crippen molar-refractivity contribution in [2.75, 3.05) is 23.7 Å². The minimum absolute atomic E-state index is 0.0265. The van der Waals surface area contributed by atoms with E-state index >= 15 is 0 Å². The molecule has 2 aromatic carbocycles. The van der Waals surface area contributed by atoms with Crippen LogP contribution in [0.2, 0.25) is 10.0 Å². The van der Waals surface area contributed by atoms with Crippen molar-refractivity contribution >= 4 is 50.7 Å². The van der Waals surface area contributed by atoms with Crippen molar-refractivity contribution in [2.24, 2.45) is 5.92 Å². The highest BCUT2D eigenvalue weighted by atomic mass is 35.5. The van der Waals surface area contributed by atoms with Crippen molar-refractivity contribution in [1.29, 1.82) is 0 Å². The van der Waals surface area contributed by atoms with Crippen LogP contribution in [0.4, 0.5) is 10.1 Å². The predicted molar refractivity (Wildman–Crippen MR) is 133 cm³/mol. The van der Waals surface area contributed by atoms with Gasteiger partial charge in [-0.15, -0.1) is 0 Å². The van der Waals surface area contributed by atoms with E-state index in [-0.39, 0.29) is 29.1 Å². The number of rotatable bonds is 10. The van der Waals surface area contributed by atoms with Crippen molar-refractivity contribution in [1.82, 2.24) is 10.2 Å². The zero-order valence-corrected chi connectivity index (χ0v) is 21.7. The Bertz CT molecular complexity index is 1130. The molecule has 2 rings (SSSR count). The van der Waals surface area contributed by atoms with Crippen molar-refractivity contribution in [3.05, 3.63) is 63.9 Å². The topological polar surface area (TPSA) is 86.8 Å². The number of benzene rings is 2. The van der Waals surface area contributed by atoms with E-state index in [4.69, 9.17) is 23.2 Å². The smallest absolute Gasteiger partial charge is 0.244 e. The van der Waals surface area contributed by atoms with Gasteiger partial charge in [0.2, 0.25) is 21.8 Å². The normalized spacial score (nSPS) is 12.4. The summed E-state index contributed by atoms with van der Waals surface area (Å²) in [6.45, 7) is 5.22. The first-order valence-corrected chi connectivity index (χ1v) is 13.1. The Morgan fingerprint density at radius 1 is 1.06 bits per heavy atom. The summed E-state index contributed by atoms with van der Waals surface area (Å²) in [5, 5.41) is 3.14. The molecule has 34 heavy (non-hydrogen) atoms. The molecule has 0 aliphatic rings. The zero-order valence-electron chi connectivity index (χ0n) is 19.4. The second-order valence-corrected chi connectivity index (χ2v) is 11.1. The average Bonchev–Trinajstić information content (AvgIpc) is 2.74. The van der Waals surface area contributed by atoms with Crippen LogP contribution in [-0.4, -0.2) is 50.5 Å². The van der Waals surface area contributed by atoms with Crippen LogP contribution in [0.5, 0.6) is 0 Å². The van der Waals surface area contributed by atoms with E-state index in [1.165, 1.54) is 47.4 Å². The molecule has 1 atom stereocenters. The van der Waals surface area contributed by atoms with Crippen molar-refractivity contribution in [3.63, 3.8) is 0 Å². The molecule has 2 aromatic rings.